The molecule has 5 nitrogen and oxygen atoms in total. The standard InChI is InChI=1S/C11H18BNO4/c1-3-17-11(15)10-7-4-5-9(14)8(7)6-13(10)12(2)16/h7-8,10,16H,3-6H2,1-2H3/t7-,8-,10-/m0/s1. The number of ketones is 1. The summed E-state index contributed by atoms with van der Waals surface area (Å²) >= 11 is 0. The number of hydrogen-bond donors (Lipinski definition) is 1. The van der Waals surface area contributed by atoms with Crippen LogP contribution in [0.25, 0.3) is 0 Å². The van der Waals surface area contributed by atoms with Gasteiger partial charge in [-0.15, -0.1) is 0 Å². The van der Waals surface area contributed by atoms with E-state index in [4.69, 9.17) is 4.74 Å². The molecule has 1 heterocycles. The molecular formula is C11H18BNO4. The average molecular weight is 239 g/mol. The van der Waals surface area contributed by atoms with Crippen molar-refractivity contribution in [2.24, 2.45) is 11.8 Å². The minimum Gasteiger partial charge on any atom is -0.465 e. The molecule has 0 radical (unpaired) electrons. The van der Waals surface area contributed by atoms with Crippen LogP contribution >= 0.6 is 0 Å². The number of hydrogen-bond acceptors (Lipinski definition) is 5. The Balaban J connectivity index is 2.19. The van der Waals surface area contributed by atoms with Crippen LogP contribution in [-0.2, 0) is 14.3 Å². The van der Waals surface area contributed by atoms with E-state index < -0.39 is 13.1 Å². The Morgan fingerprint density at radius 1 is 1.65 bits per heavy atom. The van der Waals surface area contributed by atoms with Gasteiger partial charge in [0.05, 0.1) is 6.61 Å². The second-order valence-electron chi connectivity index (χ2n) is 4.80. The summed E-state index contributed by atoms with van der Waals surface area (Å²) in [6.45, 7) is 4.19. The van der Waals surface area contributed by atoms with Crippen molar-refractivity contribution in [3.8, 4) is 0 Å². The third-order valence-electron chi connectivity index (χ3n) is 3.83. The third-order valence-corrected chi connectivity index (χ3v) is 3.83. The molecule has 2 fully saturated rings. The first-order valence-corrected chi connectivity index (χ1v) is 6.19. The summed E-state index contributed by atoms with van der Waals surface area (Å²) < 4.78 is 5.05. The molecule has 0 aromatic heterocycles. The second-order valence-corrected chi connectivity index (χ2v) is 4.80. The van der Waals surface area contributed by atoms with Crippen molar-refractivity contribution in [2.45, 2.75) is 32.6 Å². The predicted molar refractivity (Wildman–Crippen MR) is 62.2 cm³/mol. The minimum atomic E-state index is -0.720. The van der Waals surface area contributed by atoms with Gasteiger partial charge in [-0.25, -0.2) is 0 Å². The van der Waals surface area contributed by atoms with Gasteiger partial charge < -0.3 is 14.6 Å². The molecule has 2 rings (SSSR count). The highest BCUT2D eigenvalue weighted by Crippen LogP contribution is 2.40. The minimum absolute atomic E-state index is 0.0242. The molecule has 0 bridgehead atoms. The van der Waals surface area contributed by atoms with Crippen molar-refractivity contribution in [3.63, 3.8) is 0 Å². The van der Waals surface area contributed by atoms with Crippen molar-refractivity contribution in [1.82, 2.24) is 4.81 Å². The third kappa shape index (κ3) is 2.11. The molecule has 2 aliphatic rings. The molecule has 0 unspecified atom stereocenters. The summed E-state index contributed by atoms with van der Waals surface area (Å²) in [5.41, 5.74) is 0. The maximum Gasteiger partial charge on any atom is 0.377 e. The summed E-state index contributed by atoms with van der Waals surface area (Å²) in [7, 11) is -0.720. The van der Waals surface area contributed by atoms with E-state index in [2.05, 4.69) is 0 Å². The Kier molecular flexibility index (Phi) is 3.54. The molecule has 1 aliphatic heterocycles. The molecule has 3 atom stereocenters. The molecule has 0 amide bonds. The molecule has 1 saturated heterocycles. The first-order chi connectivity index (χ1) is 8.06. The molecule has 6 heteroatoms. The molecule has 17 heavy (non-hydrogen) atoms. The normalized spacial score (nSPS) is 32.6. The molecule has 1 aliphatic carbocycles. The van der Waals surface area contributed by atoms with Gasteiger partial charge in [0, 0.05) is 18.9 Å². The fraction of sp³-hybridized carbons (Fsp3) is 0.818. The summed E-state index contributed by atoms with van der Waals surface area (Å²) in [6, 6.07) is -0.452. The van der Waals surface area contributed by atoms with E-state index in [1.807, 2.05) is 0 Å². The van der Waals surface area contributed by atoms with Crippen molar-refractivity contribution in [3.05, 3.63) is 0 Å². The molecule has 0 aromatic carbocycles. The van der Waals surface area contributed by atoms with Crippen LogP contribution in [0.1, 0.15) is 19.8 Å². The van der Waals surface area contributed by atoms with Crippen LogP contribution in [0.15, 0.2) is 0 Å². The van der Waals surface area contributed by atoms with Crippen molar-refractivity contribution >= 4 is 18.8 Å². The topological polar surface area (TPSA) is 66.8 Å². The van der Waals surface area contributed by atoms with Crippen LogP contribution in [0.5, 0.6) is 0 Å². The number of rotatable bonds is 3. The number of fused-ring (bicyclic) bond motifs is 1. The molecule has 0 spiro atoms. The highest BCUT2D eigenvalue weighted by Gasteiger charge is 2.53. The van der Waals surface area contributed by atoms with E-state index in [9.17, 15) is 14.6 Å². The van der Waals surface area contributed by atoms with Crippen molar-refractivity contribution < 1.29 is 19.3 Å². The number of esters is 1. The van der Waals surface area contributed by atoms with E-state index in [0.717, 1.165) is 6.42 Å². The maximum atomic E-state index is 11.9. The predicted octanol–water partition coefficient (Wildman–Crippen LogP) is -0.0607. The van der Waals surface area contributed by atoms with Crippen LogP contribution in [0, 0.1) is 11.8 Å². The summed E-state index contributed by atoms with van der Waals surface area (Å²) in [6.07, 6.45) is 1.29. The van der Waals surface area contributed by atoms with Crippen LogP contribution < -0.4 is 0 Å². The van der Waals surface area contributed by atoms with Gasteiger partial charge in [-0.3, -0.25) is 9.59 Å². The lowest BCUT2D eigenvalue weighted by molar-refractivity contribution is -0.148. The number of Topliss-reactive ketones (excluding diaryl/α,β-unsaturated/α-hetero) is 1. The summed E-state index contributed by atoms with van der Waals surface area (Å²) in [5, 5.41) is 9.69. The van der Waals surface area contributed by atoms with Crippen molar-refractivity contribution in [1.29, 1.82) is 0 Å². The van der Waals surface area contributed by atoms with Crippen LogP contribution in [-0.4, -0.2) is 47.8 Å². The smallest absolute Gasteiger partial charge is 0.377 e. The van der Waals surface area contributed by atoms with Crippen molar-refractivity contribution in [2.75, 3.05) is 13.2 Å². The molecule has 1 N–H and O–H groups in total. The highest BCUT2D eigenvalue weighted by molar-refractivity contribution is 6.46. The Morgan fingerprint density at radius 3 is 2.94 bits per heavy atom. The van der Waals surface area contributed by atoms with E-state index in [1.165, 1.54) is 0 Å². The highest BCUT2D eigenvalue weighted by atomic mass is 16.5. The molecule has 0 aromatic rings. The van der Waals surface area contributed by atoms with E-state index >= 15 is 0 Å². The van der Waals surface area contributed by atoms with E-state index in [1.54, 1.807) is 18.6 Å². The van der Waals surface area contributed by atoms with Gasteiger partial charge in [0.1, 0.15) is 11.8 Å². The fourth-order valence-electron chi connectivity index (χ4n) is 3.06. The molecule has 94 valence electrons. The Labute approximate surface area is 101 Å². The SMILES string of the molecule is CCOC(=O)[C@@H]1[C@H]2CCC(=O)[C@H]2CN1B(C)O. The lowest BCUT2D eigenvalue weighted by atomic mass is 9.83. The lowest BCUT2D eigenvalue weighted by Crippen LogP contribution is -2.47. The monoisotopic (exact) mass is 239 g/mol. The molecule has 1 saturated carbocycles. The zero-order valence-electron chi connectivity index (χ0n) is 10.3. The van der Waals surface area contributed by atoms with Gasteiger partial charge >= 0.3 is 13.0 Å². The zero-order valence-corrected chi connectivity index (χ0v) is 10.3. The Hall–Kier alpha value is -0.875. The number of carbonyl (C=O) groups excluding carboxylic acids is 2. The van der Waals surface area contributed by atoms with Gasteiger partial charge in [0.2, 0.25) is 0 Å². The molecular weight excluding hydrogens is 221 g/mol. The fourth-order valence-corrected chi connectivity index (χ4v) is 3.06. The zero-order chi connectivity index (χ0) is 12.6. The number of nitrogens with zero attached hydrogens (tertiary/aromatic N) is 1. The lowest BCUT2D eigenvalue weighted by Gasteiger charge is -2.26. The van der Waals surface area contributed by atoms with Gasteiger partial charge in [0.25, 0.3) is 0 Å². The van der Waals surface area contributed by atoms with Crippen LogP contribution in [0.4, 0.5) is 0 Å². The van der Waals surface area contributed by atoms with Crippen LogP contribution in [0.3, 0.4) is 0 Å². The van der Waals surface area contributed by atoms with Gasteiger partial charge in [0.15, 0.2) is 0 Å². The first-order valence-electron chi connectivity index (χ1n) is 6.19. The first kappa shape index (κ1) is 12.6. The number of ether oxygens (including phenoxy) is 1. The average Bonchev–Trinajstić information content (AvgIpc) is 2.79. The van der Waals surface area contributed by atoms with Crippen LogP contribution in [0.2, 0.25) is 6.82 Å². The van der Waals surface area contributed by atoms with Gasteiger partial charge in [-0.05, 0) is 26.1 Å². The number of carbonyl (C=O) groups is 2. The summed E-state index contributed by atoms with van der Waals surface area (Å²) in [5.74, 6) is -0.168. The Bertz CT molecular complexity index is 333. The summed E-state index contributed by atoms with van der Waals surface area (Å²) in [4.78, 5) is 25.3. The largest absolute Gasteiger partial charge is 0.465 e. The quantitative estimate of drug-likeness (QED) is 0.552. The van der Waals surface area contributed by atoms with E-state index in [0.29, 0.717) is 19.6 Å². The van der Waals surface area contributed by atoms with E-state index in [-0.39, 0.29) is 23.6 Å². The van der Waals surface area contributed by atoms with Gasteiger partial charge in [-0.2, -0.15) is 0 Å². The second kappa shape index (κ2) is 4.78. The van der Waals surface area contributed by atoms with Gasteiger partial charge in [-0.1, -0.05) is 0 Å². The maximum absolute atomic E-state index is 11.9. The Morgan fingerprint density at radius 2 is 2.35 bits per heavy atom.